The molecule has 0 aromatic heterocycles. The zero-order valence-electron chi connectivity index (χ0n) is 25.9. The second kappa shape index (κ2) is 14.9. The van der Waals surface area contributed by atoms with Gasteiger partial charge in [0.2, 0.25) is 5.91 Å². The molecule has 2 rings (SSSR count). The van der Waals surface area contributed by atoms with Gasteiger partial charge < -0.3 is 20.3 Å². The number of nitrogens with zero attached hydrogens (tertiary/aromatic N) is 1. The third-order valence-corrected chi connectivity index (χ3v) is 6.66. The highest BCUT2D eigenvalue weighted by Crippen LogP contribution is 2.29. The number of nitrogens with one attached hydrogen (secondary N) is 2. The lowest BCUT2D eigenvalue weighted by Gasteiger charge is -2.35. The molecule has 40 heavy (non-hydrogen) atoms. The van der Waals surface area contributed by atoms with Crippen molar-refractivity contribution in [2.75, 3.05) is 11.9 Å². The predicted molar refractivity (Wildman–Crippen MR) is 162 cm³/mol. The van der Waals surface area contributed by atoms with Crippen LogP contribution in [0.4, 0.5) is 10.5 Å². The van der Waals surface area contributed by atoms with Crippen molar-refractivity contribution in [2.45, 2.75) is 106 Å². The zero-order valence-corrected chi connectivity index (χ0v) is 25.9. The lowest BCUT2D eigenvalue weighted by molar-refractivity contribution is -0.141. The molecular formula is C33H49N3O4. The molecular weight excluding hydrogens is 502 g/mol. The molecule has 0 aliphatic rings. The number of para-hydroxylation sites is 1. The molecule has 7 heteroatoms. The first-order valence-electron chi connectivity index (χ1n) is 14.5. The highest BCUT2D eigenvalue weighted by atomic mass is 16.6. The Kier molecular flexibility index (Phi) is 12.2. The first kappa shape index (κ1) is 32.9. The summed E-state index contributed by atoms with van der Waals surface area (Å²) in [5, 5.41) is 5.90. The van der Waals surface area contributed by atoms with E-state index in [1.54, 1.807) is 25.7 Å². The number of carbonyl (C=O) groups excluding carboxylic acids is 3. The van der Waals surface area contributed by atoms with E-state index in [0.29, 0.717) is 18.7 Å². The highest BCUT2D eigenvalue weighted by molar-refractivity contribution is 5.99. The molecule has 0 bridgehead atoms. The number of rotatable bonds is 12. The molecule has 0 fully saturated rings. The second-order valence-electron chi connectivity index (χ2n) is 12.1. The van der Waals surface area contributed by atoms with Gasteiger partial charge in [0.1, 0.15) is 17.7 Å². The molecule has 7 nitrogen and oxygen atoms in total. The van der Waals surface area contributed by atoms with E-state index < -0.39 is 23.8 Å². The van der Waals surface area contributed by atoms with Gasteiger partial charge in [-0.05, 0) is 83.1 Å². The molecule has 0 saturated carbocycles. The van der Waals surface area contributed by atoms with Gasteiger partial charge in [0, 0.05) is 12.2 Å². The van der Waals surface area contributed by atoms with Gasteiger partial charge in [-0.3, -0.25) is 9.59 Å². The van der Waals surface area contributed by atoms with Gasteiger partial charge in [-0.1, -0.05) is 75.6 Å². The van der Waals surface area contributed by atoms with Crippen LogP contribution in [0.1, 0.15) is 95.5 Å². The van der Waals surface area contributed by atoms with E-state index in [1.165, 1.54) is 0 Å². The van der Waals surface area contributed by atoms with Gasteiger partial charge in [-0.25, -0.2) is 4.79 Å². The van der Waals surface area contributed by atoms with E-state index in [-0.39, 0.29) is 17.7 Å². The van der Waals surface area contributed by atoms with Crippen molar-refractivity contribution in [2.24, 2.45) is 5.92 Å². The van der Waals surface area contributed by atoms with E-state index in [1.807, 2.05) is 77.1 Å². The maximum absolute atomic E-state index is 14.4. The number of hydrogen-bond donors (Lipinski definition) is 2. The Bertz CT molecular complexity index is 1150. The topological polar surface area (TPSA) is 87.7 Å². The molecule has 0 heterocycles. The Hall–Kier alpha value is -3.35. The number of alkyl carbamates (subject to hydrolysis) is 1. The summed E-state index contributed by atoms with van der Waals surface area (Å²) in [6.45, 7) is 17.8. The van der Waals surface area contributed by atoms with E-state index in [9.17, 15) is 14.4 Å². The molecule has 0 spiro atoms. The summed E-state index contributed by atoms with van der Waals surface area (Å²) in [6.07, 6.45) is 2.39. The third kappa shape index (κ3) is 10.00. The van der Waals surface area contributed by atoms with Gasteiger partial charge in [0.15, 0.2) is 0 Å². The van der Waals surface area contributed by atoms with Crippen molar-refractivity contribution in [1.82, 2.24) is 10.2 Å². The minimum Gasteiger partial charge on any atom is -0.444 e. The van der Waals surface area contributed by atoms with Gasteiger partial charge in [0.05, 0.1) is 0 Å². The van der Waals surface area contributed by atoms with E-state index >= 15 is 0 Å². The van der Waals surface area contributed by atoms with Crippen LogP contribution in [0.25, 0.3) is 0 Å². The summed E-state index contributed by atoms with van der Waals surface area (Å²) in [5.74, 6) is -0.450. The molecule has 0 aliphatic carbocycles. The number of aryl methyl sites for hydroxylation is 3. The Balaban J connectivity index is 2.60. The largest absolute Gasteiger partial charge is 0.444 e. The normalized spacial score (nSPS) is 12.9. The quantitative estimate of drug-likeness (QED) is 0.272. The summed E-state index contributed by atoms with van der Waals surface area (Å²) in [4.78, 5) is 42.9. The zero-order chi connectivity index (χ0) is 30.0. The van der Waals surface area contributed by atoms with Crippen LogP contribution in [0.5, 0.6) is 0 Å². The first-order chi connectivity index (χ1) is 18.7. The van der Waals surface area contributed by atoms with Crippen molar-refractivity contribution in [1.29, 1.82) is 0 Å². The number of unbranched alkanes of at least 4 members (excludes halogenated alkanes) is 2. The van der Waals surface area contributed by atoms with Crippen molar-refractivity contribution in [3.05, 3.63) is 64.7 Å². The Morgan fingerprint density at radius 1 is 0.950 bits per heavy atom. The average Bonchev–Trinajstić information content (AvgIpc) is 2.83. The van der Waals surface area contributed by atoms with Crippen LogP contribution in [0, 0.1) is 26.7 Å². The lowest BCUT2D eigenvalue weighted by Crippen LogP contribution is -2.53. The summed E-state index contributed by atoms with van der Waals surface area (Å²) in [5.41, 5.74) is 3.70. The Morgan fingerprint density at radius 2 is 1.62 bits per heavy atom. The smallest absolute Gasteiger partial charge is 0.408 e. The number of amides is 3. The maximum Gasteiger partial charge on any atom is 0.408 e. The summed E-state index contributed by atoms with van der Waals surface area (Å²) < 4.78 is 5.50. The van der Waals surface area contributed by atoms with Crippen molar-refractivity contribution >= 4 is 23.6 Å². The number of hydrogen-bond acceptors (Lipinski definition) is 4. The fourth-order valence-electron chi connectivity index (χ4n) is 4.74. The minimum atomic E-state index is -0.875. The summed E-state index contributed by atoms with van der Waals surface area (Å²) in [7, 11) is 0. The van der Waals surface area contributed by atoms with E-state index in [4.69, 9.17) is 4.74 Å². The van der Waals surface area contributed by atoms with Crippen molar-refractivity contribution in [3.63, 3.8) is 0 Å². The number of anilines is 1. The van der Waals surface area contributed by atoms with Gasteiger partial charge in [0.25, 0.3) is 5.91 Å². The van der Waals surface area contributed by atoms with Crippen LogP contribution in [0.2, 0.25) is 0 Å². The summed E-state index contributed by atoms with van der Waals surface area (Å²) >= 11 is 0. The van der Waals surface area contributed by atoms with Crippen molar-refractivity contribution < 1.29 is 19.1 Å². The predicted octanol–water partition coefficient (Wildman–Crippen LogP) is 7.25. The number of carbonyl (C=O) groups is 3. The molecule has 2 N–H and O–H groups in total. The molecule has 0 radical (unpaired) electrons. The molecule has 0 saturated heterocycles. The first-order valence-corrected chi connectivity index (χ1v) is 14.5. The highest BCUT2D eigenvalue weighted by Gasteiger charge is 2.37. The van der Waals surface area contributed by atoms with Crippen LogP contribution in [-0.4, -0.2) is 41.0 Å². The fourth-order valence-corrected chi connectivity index (χ4v) is 4.74. The molecule has 3 amide bonds. The standard InChI is InChI=1S/C33H49N3O4/c1-10-11-14-19-36(31(38)28(20-22(2)3)35-32(39)40-33(7,8)9)29(26-18-17-23(4)21-25(26)6)30(37)34-27-16-13-12-15-24(27)5/h12-13,15-18,21-22,28-29H,10-11,14,19-20H2,1-9H3,(H,34,37)(H,35,39). The number of ether oxygens (including phenoxy) is 1. The lowest BCUT2D eigenvalue weighted by atomic mass is 9.95. The van der Waals surface area contributed by atoms with Crippen LogP contribution in [-0.2, 0) is 14.3 Å². The molecule has 2 unspecified atom stereocenters. The van der Waals surface area contributed by atoms with Gasteiger partial charge in [-0.15, -0.1) is 0 Å². The molecule has 2 atom stereocenters. The van der Waals surface area contributed by atoms with Gasteiger partial charge >= 0.3 is 6.09 Å². The van der Waals surface area contributed by atoms with E-state index in [2.05, 4.69) is 17.6 Å². The molecule has 2 aromatic rings. The molecule has 2 aromatic carbocycles. The minimum absolute atomic E-state index is 0.127. The Morgan fingerprint density at radius 3 is 2.20 bits per heavy atom. The van der Waals surface area contributed by atoms with Crippen LogP contribution in [0.3, 0.4) is 0 Å². The summed E-state index contributed by atoms with van der Waals surface area (Å²) in [6, 6.07) is 11.8. The third-order valence-electron chi connectivity index (χ3n) is 6.66. The number of benzene rings is 2. The maximum atomic E-state index is 14.4. The van der Waals surface area contributed by atoms with E-state index in [0.717, 1.165) is 41.5 Å². The average molecular weight is 552 g/mol. The molecule has 0 aliphatic heterocycles. The second-order valence-corrected chi connectivity index (χ2v) is 12.1. The SMILES string of the molecule is CCCCCN(C(=O)C(CC(C)C)NC(=O)OC(C)(C)C)C(C(=O)Nc1ccccc1C)c1ccc(C)cc1C. The fraction of sp³-hybridized carbons (Fsp3) is 0.545. The monoisotopic (exact) mass is 551 g/mol. The van der Waals surface area contributed by atoms with Crippen LogP contribution < -0.4 is 10.6 Å². The van der Waals surface area contributed by atoms with Crippen molar-refractivity contribution in [3.8, 4) is 0 Å². The Labute approximate surface area is 241 Å². The van der Waals surface area contributed by atoms with Gasteiger partial charge in [-0.2, -0.15) is 0 Å². The van der Waals surface area contributed by atoms with Crippen LogP contribution in [0.15, 0.2) is 42.5 Å². The van der Waals surface area contributed by atoms with Crippen LogP contribution >= 0.6 is 0 Å². The molecule has 220 valence electrons.